The van der Waals surface area contributed by atoms with Gasteiger partial charge in [0, 0.05) is 22.6 Å². The zero-order chi connectivity index (χ0) is 7.56. The van der Waals surface area contributed by atoms with Gasteiger partial charge in [-0.25, -0.2) is 9.78 Å². The number of rotatable bonds is 1. The van der Waals surface area contributed by atoms with Crippen LogP contribution >= 0.6 is 22.6 Å². The Morgan fingerprint density at radius 1 is 1.90 bits per heavy atom. The normalized spacial score (nSPS) is 9.40. The van der Waals surface area contributed by atoms with Crippen LogP contribution in [-0.2, 0) is 4.74 Å². The molecule has 0 unspecified atom stereocenters. The van der Waals surface area contributed by atoms with E-state index in [1.807, 2.05) is 22.6 Å². The van der Waals surface area contributed by atoms with Crippen LogP contribution in [0.2, 0.25) is 0 Å². The molecule has 5 heteroatoms. The van der Waals surface area contributed by atoms with Crippen molar-refractivity contribution in [2.75, 3.05) is 7.11 Å². The highest BCUT2D eigenvalue weighted by molar-refractivity contribution is 14.1. The van der Waals surface area contributed by atoms with Crippen molar-refractivity contribution in [2.45, 2.75) is 0 Å². The van der Waals surface area contributed by atoms with Crippen molar-refractivity contribution in [1.29, 1.82) is 0 Å². The third kappa shape index (κ3) is 1.47. The summed E-state index contributed by atoms with van der Waals surface area (Å²) in [5.41, 5.74) is 0. The molecular weight excluding hydrogens is 249 g/mol. The maximum Gasteiger partial charge on any atom is 0.375 e. The van der Waals surface area contributed by atoms with Gasteiger partial charge >= 0.3 is 5.97 Å². The molecule has 0 fully saturated rings. The van der Waals surface area contributed by atoms with Gasteiger partial charge in [0.2, 0.25) is 5.76 Å². The van der Waals surface area contributed by atoms with Gasteiger partial charge in [-0.05, 0) is 0 Å². The van der Waals surface area contributed by atoms with Crippen molar-refractivity contribution in [2.24, 2.45) is 0 Å². The smallest absolute Gasteiger partial charge is 0.375 e. The first-order chi connectivity index (χ1) is 4.74. The lowest BCUT2D eigenvalue weighted by Crippen LogP contribution is -1.98. The molecule has 1 heterocycles. The van der Waals surface area contributed by atoms with Crippen molar-refractivity contribution in [1.82, 2.24) is 4.98 Å². The van der Waals surface area contributed by atoms with Crippen LogP contribution in [0.25, 0.3) is 0 Å². The van der Waals surface area contributed by atoms with Crippen molar-refractivity contribution in [3.8, 4) is 0 Å². The maximum atomic E-state index is 10.7. The Morgan fingerprint density at radius 3 is 3.00 bits per heavy atom. The molecule has 10 heavy (non-hydrogen) atoms. The first-order valence-corrected chi connectivity index (χ1v) is 3.51. The quantitative estimate of drug-likeness (QED) is 0.554. The van der Waals surface area contributed by atoms with E-state index in [1.54, 1.807) is 0 Å². The summed E-state index contributed by atoms with van der Waals surface area (Å²) in [6.45, 7) is 0. The van der Waals surface area contributed by atoms with E-state index in [9.17, 15) is 4.79 Å². The Morgan fingerprint density at radius 2 is 2.60 bits per heavy atom. The highest BCUT2D eigenvalue weighted by atomic mass is 127. The van der Waals surface area contributed by atoms with Crippen molar-refractivity contribution >= 4 is 28.6 Å². The number of nitrogens with zero attached hydrogens (tertiary/aromatic N) is 1. The zero-order valence-electron chi connectivity index (χ0n) is 5.13. The van der Waals surface area contributed by atoms with E-state index in [2.05, 4.69) is 9.72 Å². The fraction of sp³-hybridized carbons (Fsp3) is 0.200. The average Bonchev–Trinajstić information content (AvgIpc) is 2.34. The number of hydrogen-bond acceptors (Lipinski definition) is 4. The molecule has 0 saturated heterocycles. The summed E-state index contributed by atoms with van der Waals surface area (Å²) in [5.74, 6) is -0.373. The number of hydrogen-bond donors (Lipinski definition) is 0. The second kappa shape index (κ2) is 3.00. The second-order valence-electron chi connectivity index (χ2n) is 1.47. The number of carbonyl (C=O) groups excluding carboxylic acids is 1. The number of halogens is 1. The first-order valence-electron chi connectivity index (χ1n) is 2.43. The monoisotopic (exact) mass is 253 g/mol. The largest absolute Gasteiger partial charge is 0.463 e. The van der Waals surface area contributed by atoms with Crippen LogP contribution in [0.4, 0.5) is 0 Å². The van der Waals surface area contributed by atoms with Crippen molar-refractivity contribution in [3.63, 3.8) is 0 Å². The molecule has 0 atom stereocenters. The van der Waals surface area contributed by atoms with Crippen LogP contribution in [0.5, 0.6) is 0 Å². The van der Waals surface area contributed by atoms with E-state index >= 15 is 0 Å². The minimum absolute atomic E-state index is 0.131. The van der Waals surface area contributed by atoms with Crippen LogP contribution in [0, 0.1) is 3.90 Å². The first kappa shape index (κ1) is 7.52. The summed E-state index contributed by atoms with van der Waals surface area (Å²) < 4.78 is 9.64. The van der Waals surface area contributed by atoms with Crippen molar-refractivity contribution in [3.05, 3.63) is 15.9 Å². The van der Waals surface area contributed by atoms with Crippen LogP contribution in [0.1, 0.15) is 10.6 Å². The molecule has 1 aromatic heterocycles. The fourth-order valence-corrected chi connectivity index (χ4v) is 0.824. The lowest BCUT2D eigenvalue weighted by molar-refractivity contribution is 0.0563. The van der Waals surface area contributed by atoms with E-state index < -0.39 is 5.97 Å². The minimum Gasteiger partial charge on any atom is -0.463 e. The summed E-state index contributed by atoms with van der Waals surface area (Å²) >= 11 is 1.86. The Labute approximate surface area is 70.7 Å². The average molecular weight is 253 g/mol. The lowest BCUT2D eigenvalue weighted by Gasteiger charge is -1.89. The summed E-state index contributed by atoms with van der Waals surface area (Å²) in [6, 6.07) is 0. The standard InChI is InChI=1S/C5H4INO3/c1-9-4(8)3-2-7-5(6)10-3/h2H,1H3. The van der Waals surface area contributed by atoms with Gasteiger partial charge in [0.1, 0.15) is 0 Å². The molecule has 1 aromatic rings. The highest BCUT2D eigenvalue weighted by Crippen LogP contribution is 2.06. The van der Waals surface area contributed by atoms with Crippen LogP contribution in [-0.4, -0.2) is 18.1 Å². The molecule has 4 nitrogen and oxygen atoms in total. The van der Waals surface area contributed by atoms with E-state index in [-0.39, 0.29) is 5.76 Å². The summed E-state index contributed by atoms with van der Waals surface area (Å²) in [4.78, 5) is 14.4. The Bertz CT molecular complexity index is 245. The van der Waals surface area contributed by atoms with Crippen LogP contribution < -0.4 is 0 Å². The van der Waals surface area contributed by atoms with Gasteiger partial charge in [-0.3, -0.25) is 0 Å². The number of oxazole rings is 1. The summed E-state index contributed by atoms with van der Waals surface area (Å²) in [5, 5.41) is 0. The molecule has 0 aliphatic heterocycles. The predicted octanol–water partition coefficient (Wildman–Crippen LogP) is 1.07. The molecule has 1 rings (SSSR count). The third-order valence-electron chi connectivity index (χ3n) is 0.864. The number of methoxy groups -OCH3 is 1. The fourth-order valence-electron chi connectivity index (χ4n) is 0.448. The van der Waals surface area contributed by atoms with Gasteiger partial charge in [0.15, 0.2) is 0 Å². The summed E-state index contributed by atoms with van der Waals surface area (Å²) in [7, 11) is 1.29. The number of aromatic nitrogens is 1. The molecule has 54 valence electrons. The molecule has 0 amide bonds. The molecule has 0 spiro atoms. The van der Waals surface area contributed by atoms with Crippen molar-refractivity contribution < 1.29 is 13.9 Å². The molecular formula is C5H4INO3. The number of esters is 1. The van der Waals surface area contributed by atoms with Gasteiger partial charge in [0.05, 0.1) is 13.3 Å². The molecule has 0 bridgehead atoms. The van der Waals surface area contributed by atoms with Gasteiger partial charge < -0.3 is 9.15 Å². The van der Waals surface area contributed by atoms with Crippen LogP contribution in [0.15, 0.2) is 10.6 Å². The Kier molecular flexibility index (Phi) is 2.25. The Hall–Kier alpha value is -0.590. The zero-order valence-corrected chi connectivity index (χ0v) is 7.28. The molecule has 0 aliphatic rings. The van der Waals surface area contributed by atoms with E-state index in [0.29, 0.717) is 3.90 Å². The SMILES string of the molecule is COC(=O)c1cnc(I)o1. The van der Waals surface area contributed by atoms with Crippen LogP contribution in [0.3, 0.4) is 0 Å². The third-order valence-corrected chi connectivity index (χ3v) is 1.36. The molecule has 0 aliphatic carbocycles. The van der Waals surface area contributed by atoms with Gasteiger partial charge in [0.25, 0.3) is 3.90 Å². The van der Waals surface area contributed by atoms with E-state index in [0.717, 1.165) is 0 Å². The van der Waals surface area contributed by atoms with Gasteiger partial charge in [-0.15, -0.1) is 0 Å². The molecule has 0 saturated carbocycles. The van der Waals surface area contributed by atoms with Gasteiger partial charge in [-0.1, -0.05) is 0 Å². The topological polar surface area (TPSA) is 52.3 Å². The van der Waals surface area contributed by atoms with Gasteiger partial charge in [-0.2, -0.15) is 0 Å². The maximum absolute atomic E-state index is 10.7. The molecule has 0 radical (unpaired) electrons. The highest BCUT2D eigenvalue weighted by Gasteiger charge is 2.09. The number of carbonyl (C=O) groups is 1. The summed E-state index contributed by atoms with van der Waals surface area (Å²) in [6.07, 6.45) is 1.33. The Balaban J connectivity index is 2.85. The lowest BCUT2D eigenvalue weighted by atomic mass is 10.5. The second-order valence-corrected chi connectivity index (χ2v) is 2.39. The van der Waals surface area contributed by atoms with E-state index in [1.165, 1.54) is 13.3 Å². The minimum atomic E-state index is -0.504. The molecule has 0 aromatic carbocycles. The predicted molar refractivity (Wildman–Crippen MR) is 40.6 cm³/mol. The van der Waals surface area contributed by atoms with E-state index in [4.69, 9.17) is 4.42 Å². The molecule has 0 N–H and O–H groups in total. The number of ether oxygens (including phenoxy) is 1.